The Morgan fingerprint density at radius 3 is 2.42 bits per heavy atom. The van der Waals surface area contributed by atoms with Crippen LogP contribution in [0.25, 0.3) is 0 Å². The molecule has 0 bridgehead atoms. The normalized spacial score (nSPS) is 11.5. The lowest BCUT2D eigenvalue weighted by Gasteiger charge is -2.18. The number of hydrogen-bond acceptors (Lipinski definition) is 5. The molecule has 0 aliphatic rings. The van der Waals surface area contributed by atoms with Gasteiger partial charge in [0, 0.05) is 9.35 Å². The maximum atomic E-state index is 12.2. The molecule has 0 saturated heterocycles. The van der Waals surface area contributed by atoms with E-state index in [1.54, 1.807) is 6.07 Å². The maximum Gasteiger partial charge on any atom is 0.307 e. The van der Waals surface area contributed by atoms with Crippen LogP contribution in [0.5, 0.6) is 0 Å². The van der Waals surface area contributed by atoms with Crippen molar-refractivity contribution in [3.8, 4) is 0 Å². The zero-order valence-electron chi connectivity index (χ0n) is 14.4. The fourth-order valence-corrected chi connectivity index (χ4v) is 3.30. The van der Waals surface area contributed by atoms with Crippen molar-refractivity contribution < 1.29 is 19.1 Å². The third kappa shape index (κ3) is 5.96. The van der Waals surface area contributed by atoms with E-state index in [4.69, 9.17) is 4.74 Å². The van der Waals surface area contributed by atoms with E-state index in [1.807, 2.05) is 37.3 Å². The number of rotatable bonds is 7. The summed E-state index contributed by atoms with van der Waals surface area (Å²) in [6, 6.07) is 10.3. The van der Waals surface area contributed by atoms with Crippen molar-refractivity contribution in [3.63, 3.8) is 0 Å². The molecule has 2 amide bonds. The first-order valence-electron chi connectivity index (χ1n) is 7.85. The van der Waals surface area contributed by atoms with Crippen molar-refractivity contribution in [2.24, 2.45) is 0 Å². The Kier molecular flexibility index (Phi) is 7.35. The van der Waals surface area contributed by atoms with Crippen molar-refractivity contribution in [3.05, 3.63) is 56.2 Å². The Morgan fingerprint density at radius 1 is 1.15 bits per heavy atom. The van der Waals surface area contributed by atoms with Gasteiger partial charge in [-0.15, -0.1) is 11.3 Å². The molecule has 0 spiro atoms. The smallest absolute Gasteiger partial charge is 0.307 e. The lowest BCUT2D eigenvalue weighted by atomic mass is 10.0. The number of amides is 2. The molecule has 8 heteroatoms. The number of benzene rings is 1. The second-order valence-corrected chi connectivity index (χ2v) is 7.75. The number of aryl methyl sites for hydroxylation is 1. The van der Waals surface area contributed by atoms with Gasteiger partial charge in [-0.2, -0.15) is 0 Å². The summed E-state index contributed by atoms with van der Waals surface area (Å²) >= 11 is 4.71. The summed E-state index contributed by atoms with van der Waals surface area (Å²) in [7, 11) is 1.30. The lowest BCUT2D eigenvalue weighted by Crippen LogP contribution is -2.39. The van der Waals surface area contributed by atoms with Gasteiger partial charge in [-0.1, -0.05) is 28.1 Å². The molecule has 0 aliphatic heterocycles. The third-order valence-electron chi connectivity index (χ3n) is 3.58. The molecule has 138 valence electrons. The number of carbonyl (C=O) groups is 3. The summed E-state index contributed by atoms with van der Waals surface area (Å²) in [6.45, 7) is 1.73. The fourth-order valence-electron chi connectivity index (χ4n) is 2.25. The second kappa shape index (κ2) is 9.49. The van der Waals surface area contributed by atoms with Gasteiger partial charge in [0.2, 0.25) is 5.91 Å². The summed E-state index contributed by atoms with van der Waals surface area (Å²) in [6.07, 6.45) is 0.00192. The monoisotopic (exact) mass is 438 g/mol. The van der Waals surface area contributed by atoms with Gasteiger partial charge in [0.25, 0.3) is 5.91 Å². The Morgan fingerprint density at radius 2 is 1.85 bits per heavy atom. The summed E-state index contributed by atoms with van der Waals surface area (Å²) in [5.74, 6) is -1.12. The van der Waals surface area contributed by atoms with Crippen molar-refractivity contribution in [1.29, 1.82) is 0 Å². The highest BCUT2D eigenvalue weighted by Crippen LogP contribution is 2.20. The van der Waals surface area contributed by atoms with Crippen LogP contribution in [0.2, 0.25) is 0 Å². The van der Waals surface area contributed by atoms with Crippen LogP contribution in [0, 0.1) is 6.92 Å². The van der Waals surface area contributed by atoms with Gasteiger partial charge in [0.05, 0.1) is 31.0 Å². The summed E-state index contributed by atoms with van der Waals surface area (Å²) < 4.78 is 5.59. The summed E-state index contributed by atoms with van der Waals surface area (Å²) in [5.41, 5.74) is 0.771. The molecular weight excluding hydrogens is 420 g/mol. The van der Waals surface area contributed by atoms with Gasteiger partial charge < -0.3 is 15.4 Å². The lowest BCUT2D eigenvalue weighted by molar-refractivity contribution is -0.141. The first kappa shape index (κ1) is 20.1. The van der Waals surface area contributed by atoms with E-state index in [1.165, 1.54) is 18.4 Å². The minimum absolute atomic E-state index is 0.00192. The quantitative estimate of drug-likeness (QED) is 0.650. The molecule has 0 radical (unpaired) electrons. The van der Waals surface area contributed by atoms with Gasteiger partial charge in [-0.25, -0.2) is 0 Å². The number of halogens is 1. The van der Waals surface area contributed by atoms with Gasteiger partial charge in [-0.05, 0) is 36.8 Å². The molecular formula is C18H19BrN2O4S. The van der Waals surface area contributed by atoms with E-state index < -0.39 is 12.0 Å². The van der Waals surface area contributed by atoms with Crippen LogP contribution in [-0.2, 0) is 14.3 Å². The number of carbonyl (C=O) groups excluding carboxylic acids is 3. The molecule has 1 atom stereocenters. The van der Waals surface area contributed by atoms with Crippen molar-refractivity contribution >= 4 is 45.1 Å². The van der Waals surface area contributed by atoms with Gasteiger partial charge in [0.15, 0.2) is 0 Å². The van der Waals surface area contributed by atoms with Crippen LogP contribution < -0.4 is 10.6 Å². The molecule has 1 aromatic carbocycles. The summed E-state index contributed by atoms with van der Waals surface area (Å²) in [4.78, 5) is 37.5. The predicted molar refractivity (Wildman–Crippen MR) is 103 cm³/mol. The van der Waals surface area contributed by atoms with E-state index in [0.29, 0.717) is 4.88 Å². The van der Waals surface area contributed by atoms with Gasteiger partial charge in [-0.3, -0.25) is 14.4 Å². The molecule has 0 saturated carbocycles. The fraction of sp³-hybridized carbons (Fsp3) is 0.278. The van der Waals surface area contributed by atoms with Crippen LogP contribution >= 0.6 is 27.3 Å². The maximum absolute atomic E-state index is 12.2. The molecule has 2 rings (SSSR count). The average molecular weight is 439 g/mol. The topological polar surface area (TPSA) is 84.5 Å². The van der Waals surface area contributed by atoms with Crippen molar-refractivity contribution in [2.75, 3.05) is 13.7 Å². The molecule has 0 aliphatic carbocycles. The highest BCUT2D eigenvalue weighted by Gasteiger charge is 2.19. The van der Waals surface area contributed by atoms with E-state index in [9.17, 15) is 14.4 Å². The Labute approximate surface area is 164 Å². The van der Waals surface area contributed by atoms with E-state index in [-0.39, 0.29) is 24.8 Å². The number of methoxy groups -OCH3 is 1. The highest BCUT2D eigenvalue weighted by molar-refractivity contribution is 9.10. The minimum Gasteiger partial charge on any atom is -0.469 e. The van der Waals surface area contributed by atoms with Crippen LogP contribution in [0.3, 0.4) is 0 Å². The first-order chi connectivity index (χ1) is 12.4. The Hall–Kier alpha value is -2.19. The van der Waals surface area contributed by atoms with Crippen LogP contribution in [0.1, 0.15) is 32.6 Å². The van der Waals surface area contributed by atoms with Gasteiger partial charge >= 0.3 is 5.97 Å². The minimum atomic E-state index is -0.538. The molecule has 0 fully saturated rings. The van der Waals surface area contributed by atoms with Crippen LogP contribution in [0.15, 0.2) is 40.9 Å². The second-order valence-electron chi connectivity index (χ2n) is 5.54. The average Bonchev–Trinajstić information content (AvgIpc) is 3.06. The first-order valence-corrected chi connectivity index (χ1v) is 9.46. The molecule has 1 aromatic heterocycles. The van der Waals surface area contributed by atoms with Crippen molar-refractivity contribution in [2.45, 2.75) is 19.4 Å². The predicted octanol–water partition coefficient (Wildman–Crippen LogP) is 2.97. The van der Waals surface area contributed by atoms with Crippen LogP contribution in [-0.4, -0.2) is 31.4 Å². The van der Waals surface area contributed by atoms with E-state index in [2.05, 4.69) is 26.6 Å². The SMILES string of the molecule is COC(=O)CC(NC(=O)CNC(=O)c1ccc(C)s1)c1ccc(Br)cc1. The highest BCUT2D eigenvalue weighted by atomic mass is 79.9. The molecule has 6 nitrogen and oxygen atoms in total. The third-order valence-corrected chi connectivity index (χ3v) is 5.11. The largest absolute Gasteiger partial charge is 0.469 e. The Bertz CT molecular complexity index is 789. The molecule has 2 N–H and O–H groups in total. The number of nitrogens with one attached hydrogen (secondary N) is 2. The van der Waals surface area contributed by atoms with E-state index >= 15 is 0 Å². The zero-order valence-corrected chi connectivity index (χ0v) is 16.8. The van der Waals surface area contributed by atoms with Crippen LogP contribution in [0.4, 0.5) is 0 Å². The van der Waals surface area contributed by atoms with Gasteiger partial charge in [0.1, 0.15) is 0 Å². The summed E-state index contributed by atoms with van der Waals surface area (Å²) in [5, 5.41) is 5.34. The molecule has 1 heterocycles. The number of esters is 1. The van der Waals surface area contributed by atoms with Crippen molar-refractivity contribution in [1.82, 2.24) is 10.6 Å². The van der Waals surface area contributed by atoms with E-state index in [0.717, 1.165) is 14.9 Å². The standard InChI is InChI=1S/C18H19BrN2O4S/c1-11-3-8-15(26-11)18(24)20-10-16(22)21-14(9-17(23)25-2)12-4-6-13(19)7-5-12/h3-8,14H,9-10H2,1-2H3,(H,20,24)(H,21,22). The Balaban J connectivity index is 1.97. The number of thiophene rings is 1. The zero-order chi connectivity index (χ0) is 19.1. The molecule has 2 aromatic rings. The molecule has 1 unspecified atom stereocenters. The number of ether oxygens (including phenoxy) is 1. The number of hydrogen-bond donors (Lipinski definition) is 2. The molecule has 26 heavy (non-hydrogen) atoms.